The Morgan fingerprint density at radius 1 is 1.50 bits per heavy atom. The highest BCUT2D eigenvalue weighted by atomic mass is 32.1. The summed E-state index contributed by atoms with van der Waals surface area (Å²) in [6.07, 6.45) is 0.135. The van der Waals surface area contributed by atoms with E-state index in [0.717, 1.165) is 0 Å². The number of hydrogen-bond donors (Lipinski definition) is 3. The number of hydrogen-bond acceptors (Lipinski definition) is 3. The van der Waals surface area contributed by atoms with Gasteiger partial charge in [0.15, 0.2) is 5.11 Å². The van der Waals surface area contributed by atoms with Gasteiger partial charge in [-0.15, -0.1) is 0 Å². The van der Waals surface area contributed by atoms with Crippen molar-refractivity contribution in [2.45, 2.75) is 13.3 Å². The van der Waals surface area contributed by atoms with Crippen LogP contribution in [0, 0.1) is 0 Å². The minimum atomic E-state index is -0.320. The van der Waals surface area contributed by atoms with Crippen LogP contribution in [0.3, 0.4) is 0 Å². The minimum Gasteiger partial charge on any atom is -0.376 e. The van der Waals surface area contributed by atoms with Gasteiger partial charge < -0.3 is 16.4 Å². The van der Waals surface area contributed by atoms with Crippen LogP contribution in [0.15, 0.2) is 12.2 Å². The molecule has 0 unspecified atom stereocenters. The van der Waals surface area contributed by atoms with Crippen molar-refractivity contribution in [2.75, 3.05) is 6.54 Å². The van der Waals surface area contributed by atoms with Gasteiger partial charge in [0.1, 0.15) is 0 Å². The Hall–Kier alpha value is -1.43. The highest BCUT2D eigenvalue weighted by Crippen LogP contribution is 1.85. The average Bonchev–Trinajstić information content (AvgIpc) is 2.02. The first kappa shape index (κ1) is 12.6. The summed E-state index contributed by atoms with van der Waals surface area (Å²) < 4.78 is 0. The van der Waals surface area contributed by atoms with Crippen molar-refractivity contribution in [2.24, 2.45) is 5.73 Å². The molecule has 0 bridgehead atoms. The molecule has 0 rings (SSSR count). The molecule has 0 spiro atoms. The van der Waals surface area contributed by atoms with E-state index >= 15 is 0 Å². The van der Waals surface area contributed by atoms with E-state index in [2.05, 4.69) is 29.4 Å². The maximum atomic E-state index is 11.0. The number of carbonyl (C=O) groups excluding carboxylic acids is 2. The maximum absolute atomic E-state index is 11.0. The average molecular weight is 215 g/mol. The van der Waals surface area contributed by atoms with Crippen LogP contribution in [-0.4, -0.2) is 23.5 Å². The molecule has 0 heterocycles. The number of carbonyl (C=O) groups is 2. The molecule has 6 heteroatoms. The summed E-state index contributed by atoms with van der Waals surface area (Å²) in [5.41, 5.74) is 5.47. The Labute approximate surface area is 87.7 Å². The summed E-state index contributed by atoms with van der Waals surface area (Å²) in [7, 11) is 0. The van der Waals surface area contributed by atoms with E-state index in [-0.39, 0.29) is 29.9 Å². The van der Waals surface area contributed by atoms with Gasteiger partial charge in [-0.2, -0.15) is 0 Å². The zero-order valence-corrected chi connectivity index (χ0v) is 8.74. The Bertz CT molecular complexity index is 276. The number of rotatable bonds is 4. The molecule has 0 fully saturated rings. The van der Waals surface area contributed by atoms with Gasteiger partial charge in [-0.1, -0.05) is 6.58 Å². The van der Waals surface area contributed by atoms with Gasteiger partial charge >= 0.3 is 0 Å². The van der Waals surface area contributed by atoms with Gasteiger partial charge in [-0.3, -0.25) is 9.59 Å². The maximum Gasteiger partial charge on any atom is 0.246 e. The van der Waals surface area contributed by atoms with E-state index in [1.807, 2.05) is 0 Å². The van der Waals surface area contributed by atoms with Crippen LogP contribution in [0.1, 0.15) is 13.3 Å². The van der Waals surface area contributed by atoms with Gasteiger partial charge in [0, 0.05) is 18.5 Å². The molecule has 0 aliphatic rings. The highest BCUT2D eigenvalue weighted by Gasteiger charge is 2.04. The first-order chi connectivity index (χ1) is 6.43. The monoisotopic (exact) mass is 215 g/mol. The summed E-state index contributed by atoms with van der Waals surface area (Å²) in [4.78, 5) is 21.9. The summed E-state index contributed by atoms with van der Waals surface area (Å²) in [5, 5.41) is 4.68. The van der Waals surface area contributed by atoms with E-state index in [9.17, 15) is 9.59 Å². The van der Waals surface area contributed by atoms with Crippen LogP contribution in [-0.2, 0) is 9.59 Å². The van der Waals surface area contributed by atoms with Gasteiger partial charge in [-0.05, 0) is 19.1 Å². The predicted octanol–water partition coefficient (Wildman–Crippen LogP) is -0.571. The summed E-state index contributed by atoms with van der Waals surface area (Å²) >= 11 is 4.46. The van der Waals surface area contributed by atoms with Crippen molar-refractivity contribution in [3.05, 3.63) is 12.2 Å². The molecule has 0 radical (unpaired) electrons. The lowest BCUT2D eigenvalue weighted by Crippen LogP contribution is -2.37. The van der Waals surface area contributed by atoms with E-state index in [1.54, 1.807) is 6.92 Å². The fourth-order valence-corrected chi connectivity index (χ4v) is 0.754. The Balaban J connectivity index is 3.64. The SMILES string of the molecule is C=C(C)C(=O)NCCC(=O)NC(N)=S. The first-order valence-electron chi connectivity index (χ1n) is 3.96. The lowest BCUT2D eigenvalue weighted by Gasteiger charge is -2.04. The van der Waals surface area contributed by atoms with Gasteiger partial charge in [0.2, 0.25) is 11.8 Å². The van der Waals surface area contributed by atoms with Crippen LogP contribution < -0.4 is 16.4 Å². The molecule has 0 aromatic carbocycles. The number of amides is 2. The molecule has 0 atom stereocenters. The predicted molar refractivity (Wildman–Crippen MR) is 57.4 cm³/mol. The van der Waals surface area contributed by atoms with Crippen LogP contribution in [0.4, 0.5) is 0 Å². The Kier molecular flexibility index (Phi) is 5.47. The Morgan fingerprint density at radius 2 is 2.07 bits per heavy atom. The van der Waals surface area contributed by atoms with E-state index in [0.29, 0.717) is 5.57 Å². The summed E-state index contributed by atoms with van der Waals surface area (Å²) in [6, 6.07) is 0. The molecular weight excluding hydrogens is 202 g/mol. The van der Waals surface area contributed by atoms with Crippen molar-refractivity contribution >= 4 is 29.1 Å². The molecular formula is C8H13N3O2S. The Morgan fingerprint density at radius 3 is 2.50 bits per heavy atom. The second-order valence-corrected chi connectivity index (χ2v) is 3.14. The lowest BCUT2D eigenvalue weighted by molar-refractivity contribution is -0.120. The van der Waals surface area contributed by atoms with E-state index in [4.69, 9.17) is 5.73 Å². The highest BCUT2D eigenvalue weighted by molar-refractivity contribution is 7.80. The molecule has 14 heavy (non-hydrogen) atoms. The van der Waals surface area contributed by atoms with E-state index in [1.165, 1.54) is 0 Å². The number of nitrogens with two attached hydrogens (primary N) is 1. The molecule has 0 aromatic rings. The van der Waals surface area contributed by atoms with Gasteiger partial charge in [0.25, 0.3) is 0 Å². The van der Waals surface area contributed by atoms with Gasteiger partial charge in [0.05, 0.1) is 0 Å². The first-order valence-corrected chi connectivity index (χ1v) is 4.37. The van der Waals surface area contributed by atoms with Crippen LogP contribution in [0.25, 0.3) is 0 Å². The second kappa shape index (κ2) is 6.09. The zero-order valence-electron chi connectivity index (χ0n) is 7.92. The standard InChI is InChI=1S/C8H13N3O2S/c1-5(2)7(13)10-4-3-6(12)11-8(9)14/h1,3-4H2,2H3,(H,10,13)(H3,9,11,12,14). The normalized spacial score (nSPS) is 8.93. The molecule has 0 aromatic heterocycles. The molecule has 78 valence electrons. The van der Waals surface area contributed by atoms with Crippen molar-refractivity contribution in [3.63, 3.8) is 0 Å². The molecule has 0 saturated carbocycles. The summed E-state index contributed by atoms with van der Waals surface area (Å²) in [6.45, 7) is 5.27. The smallest absolute Gasteiger partial charge is 0.246 e. The number of thiocarbonyl (C=S) groups is 1. The lowest BCUT2D eigenvalue weighted by atomic mass is 10.3. The minimum absolute atomic E-state index is 0.0683. The molecule has 0 saturated heterocycles. The quantitative estimate of drug-likeness (QED) is 0.433. The largest absolute Gasteiger partial charge is 0.376 e. The third-order valence-electron chi connectivity index (χ3n) is 1.29. The van der Waals surface area contributed by atoms with E-state index < -0.39 is 0 Å². The molecule has 0 aliphatic heterocycles. The number of nitrogens with one attached hydrogen (secondary N) is 2. The van der Waals surface area contributed by atoms with Crippen LogP contribution >= 0.6 is 12.2 Å². The molecule has 4 N–H and O–H groups in total. The van der Waals surface area contributed by atoms with Crippen molar-refractivity contribution in [1.29, 1.82) is 0 Å². The fourth-order valence-electron chi connectivity index (χ4n) is 0.640. The third-order valence-corrected chi connectivity index (χ3v) is 1.39. The second-order valence-electron chi connectivity index (χ2n) is 2.70. The fraction of sp³-hybridized carbons (Fsp3) is 0.375. The molecule has 0 aliphatic carbocycles. The van der Waals surface area contributed by atoms with Crippen LogP contribution in [0.2, 0.25) is 0 Å². The molecule has 5 nitrogen and oxygen atoms in total. The van der Waals surface area contributed by atoms with Crippen LogP contribution in [0.5, 0.6) is 0 Å². The van der Waals surface area contributed by atoms with Crippen molar-refractivity contribution in [3.8, 4) is 0 Å². The van der Waals surface area contributed by atoms with Crippen molar-refractivity contribution in [1.82, 2.24) is 10.6 Å². The molecule has 2 amide bonds. The third kappa shape index (κ3) is 6.13. The van der Waals surface area contributed by atoms with Gasteiger partial charge in [-0.25, -0.2) is 0 Å². The topological polar surface area (TPSA) is 84.2 Å². The zero-order chi connectivity index (χ0) is 11.1. The summed E-state index contributed by atoms with van der Waals surface area (Å²) in [5.74, 6) is -0.590. The van der Waals surface area contributed by atoms with Crippen molar-refractivity contribution < 1.29 is 9.59 Å².